The van der Waals surface area contributed by atoms with Gasteiger partial charge in [0.1, 0.15) is 5.75 Å². The molecule has 0 fully saturated rings. The molecule has 1 heterocycles. The summed E-state index contributed by atoms with van der Waals surface area (Å²) in [7, 11) is 3.15. The summed E-state index contributed by atoms with van der Waals surface area (Å²) in [5.41, 5.74) is 1.73. The number of benzene rings is 1. The number of urea groups is 1. The predicted molar refractivity (Wildman–Crippen MR) is 82.9 cm³/mol. The van der Waals surface area contributed by atoms with E-state index in [0.29, 0.717) is 19.0 Å². The van der Waals surface area contributed by atoms with E-state index in [-0.39, 0.29) is 6.03 Å². The Morgan fingerprint density at radius 1 is 1.00 bits per heavy atom. The smallest absolute Gasteiger partial charge is 0.315 e. The first-order valence-corrected chi connectivity index (χ1v) is 6.86. The van der Waals surface area contributed by atoms with E-state index in [0.717, 1.165) is 16.9 Å². The van der Waals surface area contributed by atoms with Crippen LogP contribution >= 0.6 is 0 Å². The van der Waals surface area contributed by atoms with Crippen molar-refractivity contribution in [3.8, 4) is 11.6 Å². The number of ether oxygens (including phenoxy) is 2. The summed E-state index contributed by atoms with van der Waals surface area (Å²) in [6.45, 7) is 0.731. The van der Waals surface area contributed by atoms with E-state index in [9.17, 15) is 4.79 Å². The highest BCUT2D eigenvalue weighted by atomic mass is 16.5. The molecule has 0 saturated heterocycles. The van der Waals surface area contributed by atoms with Gasteiger partial charge in [-0.05, 0) is 12.1 Å². The lowest BCUT2D eigenvalue weighted by Crippen LogP contribution is -2.34. The maximum atomic E-state index is 11.9. The van der Waals surface area contributed by atoms with Crippen LogP contribution in [0.25, 0.3) is 0 Å². The van der Waals surface area contributed by atoms with Crippen molar-refractivity contribution in [2.24, 2.45) is 0 Å². The Bertz CT molecular complexity index is 578. The molecule has 0 aliphatic carbocycles. The molecule has 0 aliphatic rings. The number of para-hydroxylation sites is 1. The van der Waals surface area contributed by atoms with Crippen molar-refractivity contribution in [3.63, 3.8) is 0 Å². The Hall–Kier alpha value is -2.76. The fourth-order valence-electron chi connectivity index (χ4n) is 2.00. The fourth-order valence-corrected chi connectivity index (χ4v) is 2.00. The van der Waals surface area contributed by atoms with E-state index in [2.05, 4.69) is 15.6 Å². The number of hydrogen-bond acceptors (Lipinski definition) is 4. The highest BCUT2D eigenvalue weighted by Crippen LogP contribution is 2.16. The first-order chi connectivity index (χ1) is 10.7. The third-order valence-corrected chi connectivity index (χ3v) is 3.11. The molecule has 2 N–H and O–H groups in total. The summed E-state index contributed by atoms with van der Waals surface area (Å²) in [5, 5.41) is 5.56. The van der Waals surface area contributed by atoms with Crippen molar-refractivity contribution in [1.82, 2.24) is 15.6 Å². The van der Waals surface area contributed by atoms with Gasteiger partial charge in [-0.25, -0.2) is 9.78 Å². The van der Waals surface area contributed by atoms with Gasteiger partial charge in [0.2, 0.25) is 5.88 Å². The van der Waals surface area contributed by atoms with Gasteiger partial charge in [0.15, 0.2) is 0 Å². The summed E-state index contributed by atoms with van der Waals surface area (Å²) in [6.07, 6.45) is 1.64. The minimum absolute atomic E-state index is 0.267. The number of amides is 2. The third-order valence-electron chi connectivity index (χ3n) is 3.11. The number of carbonyl (C=O) groups is 1. The summed E-state index contributed by atoms with van der Waals surface area (Å²) >= 11 is 0. The van der Waals surface area contributed by atoms with Gasteiger partial charge in [-0.15, -0.1) is 0 Å². The van der Waals surface area contributed by atoms with Crippen molar-refractivity contribution in [3.05, 3.63) is 53.7 Å². The summed E-state index contributed by atoms with van der Waals surface area (Å²) < 4.78 is 10.4. The highest BCUT2D eigenvalue weighted by molar-refractivity contribution is 5.74. The average molecular weight is 301 g/mol. The van der Waals surface area contributed by atoms with E-state index in [1.807, 2.05) is 30.3 Å². The summed E-state index contributed by atoms with van der Waals surface area (Å²) in [5.74, 6) is 1.25. The maximum Gasteiger partial charge on any atom is 0.315 e. The number of rotatable bonds is 6. The van der Waals surface area contributed by atoms with Crippen molar-refractivity contribution < 1.29 is 14.3 Å². The molecule has 2 aromatic rings. The van der Waals surface area contributed by atoms with Crippen LogP contribution in [0.5, 0.6) is 11.6 Å². The number of carbonyl (C=O) groups excluding carboxylic acids is 1. The molecule has 116 valence electrons. The van der Waals surface area contributed by atoms with Gasteiger partial charge < -0.3 is 20.1 Å². The molecular formula is C16H19N3O3. The van der Waals surface area contributed by atoms with E-state index in [1.54, 1.807) is 26.5 Å². The third kappa shape index (κ3) is 4.12. The van der Waals surface area contributed by atoms with Crippen molar-refractivity contribution >= 4 is 6.03 Å². The second kappa shape index (κ2) is 7.87. The van der Waals surface area contributed by atoms with Gasteiger partial charge in [-0.2, -0.15) is 0 Å². The zero-order valence-electron chi connectivity index (χ0n) is 12.6. The van der Waals surface area contributed by atoms with Crippen molar-refractivity contribution in [1.29, 1.82) is 0 Å². The minimum atomic E-state index is -0.267. The number of methoxy groups -OCH3 is 2. The maximum absolute atomic E-state index is 11.9. The van der Waals surface area contributed by atoms with Crippen molar-refractivity contribution in [2.45, 2.75) is 13.1 Å². The molecule has 0 aliphatic heterocycles. The Balaban J connectivity index is 1.86. The van der Waals surface area contributed by atoms with E-state index < -0.39 is 0 Å². The van der Waals surface area contributed by atoms with Crippen LogP contribution in [0.15, 0.2) is 42.6 Å². The molecule has 2 amide bonds. The average Bonchev–Trinajstić information content (AvgIpc) is 2.58. The first-order valence-electron chi connectivity index (χ1n) is 6.86. The number of aromatic nitrogens is 1. The first kappa shape index (κ1) is 15.6. The highest BCUT2D eigenvalue weighted by Gasteiger charge is 2.07. The second-order valence-corrected chi connectivity index (χ2v) is 4.52. The molecule has 0 spiro atoms. The monoisotopic (exact) mass is 301 g/mol. The summed E-state index contributed by atoms with van der Waals surface area (Å²) in [4.78, 5) is 15.9. The lowest BCUT2D eigenvalue weighted by molar-refractivity contribution is 0.240. The molecule has 0 unspecified atom stereocenters. The molecule has 0 saturated carbocycles. The molecule has 6 nitrogen and oxygen atoms in total. The molecule has 2 rings (SSSR count). The van der Waals surface area contributed by atoms with Gasteiger partial charge >= 0.3 is 6.03 Å². The minimum Gasteiger partial charge on any atom is -0.496 e. The lowest BCUT2D eigenvalue weighted by atomic mass is 10.2. The predicted octanol–water partition coefficient (Wildman–Crippen LogP) is 2.10. The van der Waals surface area contributed by atoms with Crippen LogP contribution in [0.1, 0.15) is 11.1 Å². The van der Waals surface area contributed by atoms with E-state index >= 15 is 0 Å². The molecule has 1 aromatic heterocycles. The lowest BCUT2D eigenvalue weighted by Gasteiger charge is -2.11. The van der Waals surface area contributed by atoms with Gasteiger partial charge in [0.05, 0.1) is 14.2 Å². The number of hydrogen-bond donors (Lipinski definition) is 2. The van der Waals surface area contributed by atoms with Gasteiger partial charge in [0.25, 0.3) is 0 Å². The largest absolute Gasteiger partial charge is 0.496 e. The number of pyridine rings is 1. The van der Waals surface area contributed by atoms with Crippen LogP contribution < -0.4 is 20.1 Å². The van der Waals surface area contributed by atoms with Crippen LogP contribution in [-0.4, -0.2) is 25.2 Å². The van der Waals surface area contributed by atoms with Crippen LogP contribution in [0.2, 0.25) is 0 Å². The molecule has 0 bridgehead atoms. The SMILES string of the molecule is COc1ccccc1CNC(=O)NCc1cccnc1OC. The van der Waals surface area contributed by atoms with Crippen LogP contribution in [0.4, 0.5) is 4.79 Å². The normalized spacial score (nSPS) is 9.91. The molecular weight excluding hydrogens is 282 g/mol. The molecule has 0 atom stereocenters. The molecule has 6 heteroatoms. The topological polar surface area (TPSA) is 72.5 Å². The molecule has 0 radical (unpaired) electrons. The van der Waals surface area contributed by atoms with Crippen molar-refractivity contribution in [2.75, 3.05) is 14.2 Å². The van der Waals surface area contributed by atoms with Crippen LogP contribution in [-0.2, 0) is 13.1 Å². The van der Waals surface area contributed by atoms with Gasteiger partial charge in [0, 0.05) is 30.4 Å². The van der Waals surface area contributed by atoms with Gasteiger partial charge in [-0.3, -0.25) is 0 Å². The van der Waals surface area contributed by atoms with Crippen LogP contribution in [0, 0.1) is 0 Å². The van der Waals surface area contributed by atoms with Gasteiger partial charge in [-0.1, -0.05) is 24.3 Å². The zero-order valence-corrected chi connectivity index (χ0v) is 12.6. The zero-order chi connectivity index (χ0) is 15.8. The quantitative estimate of drug-likeness (QED) is 0.857. The summed E-state index contributed by atoms with van der Waals surface area (Å²) in [6, 6.07) is 10.9. The Morgan fingerprint density at radius 2 is 1.68 bits per heavy atom. The van der Waals surface area contributed by atoms with E-state index in [4.69, 9.17) is 9.47 Å². The Morgan fingerprint density at radius 3 is 2.41 bits per heavy atom. The van der Waals surface area contributed by atoms with E-state index in [1.165, 1.54) is 0 Å². The number of nitrogens with zero attached hydrogens (tertiary/aromatic N) is 1. The fraction of sp³-hybridized carbons (Fsp3) is 0.250. The molecule has 22 heavy (non-hydrogen) atoms. The van der Waals surface area contributed by atoms with Crippen LogP contribution in [0.3, 0.4) is 0 Å². The Kier molecular flexibility index (Phi) is 5.59. The molecule has 1 aromatic carbocycles. The number of nitrogens with one attached hydrogen (secondary N) is 2. The Labute approximate surface area is 129 Å². The second-order valence-electron chi connectivity index (χ2n) is 4.52. The standard InChI is InChI=1S/C16H19N3O3/c1-21-14-8-4-3-6-12(14)10-18-16(20)19-11-13-7-5-9-17-15(13)22-2/h3-9H,10-11H2,1-2H3,(H2,18,19,20).